The van der Waals surface area contributed by atoms with Gasteiger partial charge in [0, 0.05) is 13.6 Å². The van der Waals surface area contributed by atoms with E-state index >= 15 is 0 Å². The van der Waals surface area contributed by atoms with Gasteiger partial charge in [-0.25, -0.2) is 0 Å². The third-order valence-electron chi connectivity index (χ3n) is 3.48. The van der Waals surface area contributed by atoms with Crippen LogP contribution in [0.5, 0.6) is 0 Å². The van der Waals surface area contributed by atoms with Crippen molar-refractivity contribution in [1.29, 1.82) is 0 Å². The van der Waals surface area contributed by atoms with E-state index in [1.807, 2.05) is 13.8 Å². The predicted molar refractivity (Wildman–Crippen MR) is 71.2 cm³/mol. The molecule has 1 atom stereocenters. The molecule has 2 N–H and O–H groups in total. The Kier molecular flexibility index (Phi) is 5.59. The fraction of sp³-hybridized carbons (Fsp3) is 0.846. The van der Waals surface area contributed by atoms with Crippen LogP contribution in [-0.2, 0) is 9.59 Å². The van der Waals surface area contributed by atoms with Crippen LogP contribution in [0.3, 0.4) is 0 Å². The molecule has 0 aliphatic carbocycles. The number of nitrogens with one attached hydrogen (secondary N) is 2. The Morgan fingerprint density at radius 3 is 2.61 bits per heavy atom. The number of hydrogen-bond acceptors (Lipinski definition) is 3. The number of amides is 2. The number of hydrogen-bond donors (Lipinski definition) is 2. The van der Waals surface area contributed by atoms with Crippen LogP contribution in [0, 0.1) is 0 Å². The molecule has 1 rings (SSSR count). The van der Waals surface area contributed by atoms with E-state index in [4.69, 9.17) is 0 Å². The second-order valence-corrected chi connectivity index (χ2v) is 5.12. The molecule has 5 nitrogen and oxygen atoms in total. The summed E-state index contributed by atoms with van der Waals surface area (Å²) in [6, 6.07) is 0. The van der Waals surface area contributed by atoms with Gasteiger partial charge in [0.05, 0.1) is 12.1 Å². The highest BCUT2D eigenvalue weighted by Gasteiger charge is 2.37. The SMILES string of the molecule is CCCN(CC(=O)NC)C(=O)C1(C)CCCCN1. The number of carbonyl (C=O) groups excluding carboxylic acids is 2. The minimum absolute atomic E-state index is 0.0488. The quantitative estimate of drug-likeness (QED) is 0.752. The number of carbonyl (C=O) groups is 2. The summed E-state index contributed by atoms with van der Waals surface area (Å²) in [7, 11) is 1.59. The fourth-order valence-electron chi connectivity index (χ4n) is 2.36. The third-order valence-corrected chi connectivity index (χ3v) is 3.48. The van der Waals surface area contributed by atoms with Crippen molar-refractivity contribution in [2.45, 2.75) is 45.1 Å². The van der Waals surface area contributed by atoms with Crippen molar-refractivity contribution < 1.29 is 9.59 Å². The topological polar surface area (TPSA) is 61.4 Å². The van der Waals surface area contributed by atoms with Crippen LogP contribution in [0.4, 0.5) is 0 Å². The lowest BCUT2D eigenvalue weighted by atomic mass is 9.89. The Hall–Kier alpha value is -1.10. The van der Waals surface area contributed by atoms with Crippen LogP contribution in [0.2, 0.25) is 0 Å². The van der Waals surface area contributed by atoms with Gasteiger partial charge in [0.2, 0.25) is 11.8 Å². The molecule has 18 heavy (non-hydrogen) atoms. The van der Waals surface area contributed by atoms with Gasteiger partial charge < -0.3 is 15.5 Å². The van der Waals surface area contributed by atoms with E-state index in [0.29, 0.717) is 6.54 Å². The zero-order valence-corrected chi connectivity index (χ0v) is 11.7. The summed E-state index contributed by atoms with van der Waals surface area (Å²) in [5, 5.41) is 5.87. The molecule has 0 saturated carbocycles. The number of likely N-dealkylation sites (N-methyl/N-ethyl adjacent to an activating group) is 1. The van der Waals surface area contributed by atoms with E-state index in [2.05, 4.69) is 10.6 Å². The van der Waals surface area contributed by atoms with Gasteiger partial charge in [-0.05, 0) is 39.2 Å². The summed E-state index contributed by atoms with van der Waals surface area (Å²) >= 11 is 0. The van der Waals surface area contributed by atoms with E-state index in [9.17, 15) is 9.59 Å². The zero-order chi connectivity index (χ0) is 13.6. The Balaban J connectivity index is 2.71. The van der Waals surface area contributed by atoms with Gasteiger partial charge in [0.1, 0.15) is 0 Å². The molecule has 0 spiro atoms. The number of piperidine rings is 1. The van der Waals surface area contributed by atoms with E-state index in [1.165, 1.54) is 0 Å². The first-order valence-electron chi connectivity index (χ1n) is 6.78. The van der Waals surface area contributed by atoms with Gasteiger partial charge in [0.25, 0.3) is 0 Å². The maximum atomic E-state index is 12.5. The highest BCUT2D eigenvalue weighted by molar-refractivity contribution is 5.90. The molecular formula is C13H25N3O2. The second kappa shape index (κ2) is 6.73. The van der Waals surface area contributed by atoms with E-state index < -0.39 is 5.54 Å². The van der Waals surface area contributed by atoms with Crippen LogP contribution in [-0.4, -0.2) is 48.9 Å². The molecule has 0 bridgehead atoms. The molecule has 104 valence electrons. The maximum Gasteiger partial charge on any atom is 0.243 e. The average molecular weight is 255 g/mol. The van der Waals surface area contributed by atoms with Crippen LogP contribution in [0.1, 0.15) is 39.5 Å². The molecule has 0 aromatic rings. The molecule has 1 heterocycles. The number of rotatable bonds is 5. The average Bonchev–Trinajstić information content (AvgIpc) is 2.38. The van der Waals surface area contributed by atoms with Crippen molar-refractivity contribution in [2.75, 3.05) is 26.7 Å². The first-order chi connectivity index (χ1) is 8.53. The molecular weight excluding hydrogens is 230 g/mol. The largest absolute Gasteiger partial charge is 0.358 e. The van der Waals surface area contributed by atoms with E-state index in [1.54, 1.807) is 11.9 Å². The standard InChI is InChI=1S/C13H25N3O2/c1-4-9-16(10-11(17)14-3)12(18)13(2)7-5-6-8-15-13/h15H,4-10H2,1-3H3,(H,14,17). The van der Waals surface area contributed by atoms with Gasteiger partial charge in [0.15, 0.2) is 0 Å². The lowest BCUT2D eigenvalue weighted by Gasteiger charge is -2.37. The summed E-state index contributed by atoms with van der Waals surface area (Å²) in [5.74, 6) is -0.0659. The predicted octanol–water partition coefficient (Wildman–Crippen LogP) is 0.503. The minimum Gasteiger partial charge on any atom is -0.358 e. The Morgan fingerprint density at radius 2 is 2.11 bits per heavy atom. The highest BCUT2D eigenvalue weighted by Crippen LogP contribution is 2.21. The Labute approximate surface area is 109 Å². The van der Waals surface area contributed by atoms with Crippen molar-refractivity contribution >= 4 is 11.8 Å². The first kappa shape index (κ1) is 15.0. The molecule has 1 aliphatic heterocycles. The molecule has 1 unspecified atom stereocenters. The molecule has 1 aliphatic rings. The monoisotopic (exact) mass is 255 g/mol. The van der Waals surface area contributed by atoms with Crippen molar-refractivity contribution in [3.05, 3.63) is 0 Å². The summed E-state index contributed by atoms with van der Waals surface area (Å²) < 4.78 is 0. The van der Waals surface area contributed by atoms with Crippen molar-refractivity contribution in [2.24, 2.45) is 0 Å². The molecule has 0 radical (unpaired) electrons. The third kappa shape index (κ3) is 3.70. The molecule has 0 aromatic heterocycles. The Bertz CT molecular complexity index is 299. The highest BCUT2D eigenvalue weighted by atomic mass is 16.2. The molecule has 1 fully saturated rings. The van der Waals surface area contributed by atoms with E-state index in [-0.39, 0.29) is 18.4 Å². The fourth-order valence-corrected chi connectivity index (χ4v) is 2.36. The van der Waals surface area contributed by atoms with Crippen LogP contribution in [0.15, 0.2) is 0 Å². The van der Waals surface area contributed by atoms with Gasteiger partial charge in [-0.15, -0.1) is 0 Å². The molecule has 2 amide bonds. The summed E-state index contributed by atoms with van der Waals surface area (Å²) in [5.41, 5.74) is -0.499. The lowest BCUT2D eigenvalue weighted by Crippen LogP contribution is -2.59. The number of nitrogens with zero attached hydrogens (tertiary/aromatic N) is 1. The van der Waals surface area contributed by atoms with Gasteiger partial charge in [-0.3, -0.25) is 9.59 Å². The molecule has 0 aromatic carbocycles. The molecule has 5 heteroatoms. The van der Waals surface area contributed by atoms with Crippen molar-refractivity contribution in [1.82, 2.24) is 15.5 Å². The maximum absolute atomic E-state index is 12.5. The summed E-state index contributed by atoms with van der Waals surface area (Å²) in [4.78, 5) is 25.7. The van der Waals surface area contributed by atoms with Gasteiger partial charge in [-0.1, -0.05) is 6.92 Å². The molecule has 1 saturated heterocycles. The van der Waals surface area contributed by atoms with Crippen LogP contribution >= 0.6 is 0 Å². The lowest BCUT2D eigenvalue weighted by molar-refractivity contribution is -0.142. The van der Waals surface area contributed by atoms with Gasteiger partial charge >= 0.3 is 0 Å². The summed E-state index contributed by atoms with van der Waals surface area (Å²) in [6.45, 7) is 5.62. The second-order valence-electron chi connectivity index (χ2n) is 5.12. The van der Waals surface area contributed by atoms with E-state index in [0.717, 1.165) is 32.2 Å². The zero-order valence-electron chi connectivity index (χ0n) is 11.7. The van der Waals surface area contributed by atoms with Gasteiger partial charge in [-0.2, -0.15) is 0 Å². The smallest absolute Gasteiger partial charge is 0.243 e. The van der Waals surface area contributed by atoms with Crippen LogP contribution < -0.4 is 10.6 Å². The van der Waals surface area contributed by atoms with Crippen molar-refractivity contribution in [3.63, 3.8) is 0 Å². The Morgan fingerprint density at radius 1 is 1.39 bits per heavy atom. The first-order valence-corrected chi connectivity index (χ1v) is 6.78. The minimum atomic E-state index is -0.499. The normalized spacial score (nSPS) is 23.5. The van der Waals surface area contributed by atoms with Crippen LogP contribution in [0.25, 0.3) is 0 Å². The summed E-state index contributed by atoms with van der Waals surface area (Å²) in [6.07, 6.45) is 3.89. The van der Waals surface area contributed by atoms with Crippen molar-refractivity contribution in [3.8, 4) is 0 Å².